The Morgan fingerprint density at radius 3 is 2.71 bits per heavy atom. The molecule has 0 saturated carbocycles. The van der Waals surface area contributed by atoms with Crippen LogP contribution in [0, 0.1) is 0 Å². The van der Waals surface area contributed by atoms with Gasteiger partial charge in [0.2, 0.25) is 0 Å². The average Bonchev–Trinajstić information content (AvgIpc) is 2.78. The van der Waals surface area contributed by atoms with Crippen molar-refractivity contribution in [3.8, 4) is 11.4 Å². The zero-order valence-electron chi connectivity index (χ0n) is 7.40. The number of benzene rings is 1. The molecule has 0 spiro atoms. The number of nitrogens with zero attached hydrogens (tertiary/aromatic N) is 1. The van der Waals surface area contributed by atoms with E-state index in [2.05, 4.69) is 32.9 Å². The third-order valence-corrected chi connectivity index (χ3v) is 2.91. The number of H-pyrrole nitrogens is 1. The van der Waals surface area contributed by atoms with Gasteiger partial charge >= 0.3 is 0 Å². The Labute approximate surface area is 85.2 Å². The molecule has 3 aromatic rings. The van der Waals surface area contributed by atoms with Crippen LogP contribution < -0.4 is 0 Å². The van der Waals surface area contributed by atoms with Gasteiger partial charge in [0, 0.05) is 16.3 Å². The predicted molar refractivity (Wildman–Crippen MR) is 59.4 cm³/mol. The molecule has 0 aliphatic heterocycles. The summed E-state index contributed by atoms with van der Waals surface area (Å²) < 4.78 is 0. The summed E-state index contributed by atoms with van der Waals surface area (Å²) in [6.07, 6.45) is 0. The fourth-order valence-electron chi connectivity index (χ4n) is 1.48. The summed E-state index contributed by atoms with van der Waals surface area (Å²) in [6.45, 7) is 0. The van der Waals surface area contributed by atoms with E-state index in [1.165, 1.54) is 0 Å². The Kier molecular flexibility index (Phi) is 1.64. The third-order valence-electron chi connectivity index (χ3n) is 2.17. The molecule has 0 aliphatic rings. The molecule has 3 heteroatoms. The minimum atomic E-state index is 0.948. The molecule has 14 heavy (non-hydrogen) atoms. The maximum absolute atomic E-state index is 4.50. The van der Waals surface area contributed by atoms with E-state index in [0.717, 1.165) is 22.4 Å². The van der Waals surface area contributed by atoms with E-state index in [1.54, 1.807) is 11.3 Å². The Balaban J connectivity index is 2.19. The fraction of sp³-hybridized carbons (Fsp3) is 0. The van der Waals surface area contributed by atoms with Gasteiger partial charge in [-0.1, -0.05) is 30.3 Å². The highest BCUT2D eigenvalue weighted by molar-refractivity contribution is 7.09. The first kappa shape index (κ1) is 7.76. The van der Waals surface area contributed by atoms with Gasteiger partial charge in [-0.2, -0.15) is 0 Å². The lowest BCUT2D eigenvalue weighted by Crippen LogP contribution is -1.78. The first-order valence-electron chi connectivity index (χ1n) is 4.41. The normalized spacial score (nSPS) is 10.9. The molecule has 2 aromatic heterocycles. The molecule has 1 aromatic carbocycles. The highest BCUT2D eigenvalue weighted by atomic mass is 32.1. The monoisotopic (exact) mass is 200 g/mol. The summed E-state index contributed by atoms with van der Waals surface area (Å²) in [4.78, 5) is 7.79. The van der Waals surface area contributed by atoms with Gasteiger partial charge in [0.05, 0.1) is 11.0 Å². The standard InChI is InChI=1S/C11H8N2S/c1-2-4-8(5-3-1)11-12-9-6-14-7-10(9)13-11/h1-7H,(H,12,13). The van der Waals surface area contributed by atoms with Crippen molar-refractivity contribution in [1.82, 2.24) is 9.97 Å². The highest BCUT2D eigenvalue weighted by Crippen LogP contribution is 2.22. The first-order chi connectivity index (χ1) is 6.93. The van der Waals surface area contributed by atoms with Crippen molar-refractivity contribution >= 4 is 22.4 Å². The SMILES string of the molecule is c1ccc(-c2nc3cscc3[nH]2)cc1. The van der Waals surface area contributed by atoms with Crippen LogP contribution in [0.2, 0.25) is 0 Å². The first-order valence-corrected chi connectivity index (χ1v) is 5.35. The number of hydrogen-bond donors (Lipinski definition) is 1. The lowest BCUT2D eigenvalue weighted by molar-refractivity contribution is 1.34. The maximum Gasteiger partial charge on any atom is 0.138 e. The summed E-state index contributed by atoms with van der Waals surface area (Å²) in [6, 6.07) is 10.2. The van der Waals surface area contributed by atoms with Crippen molar-refractivity contribution in [2.24, 2.45) is 0 Å². The molecule has 0 fully saturated rings. The summed E-state index contributed by atoms with van der Waals surface area (Å²) in [5.74, 6) is 0.948. The molecule has 3 rings (SSSR count). The van der Waals surface area contributed by atoms with Crippen LogP contribution in [0.15, 0.2) is 41.1 Å². The van der Waals surface area contributed by atoms with Crippen LogP contribution in [0.1, 0.15) is 0 Å². The highest BCUT2D eigenvalue weighted by Gasteiger charge is 2.04. The number of rotatable bonds is 1. The zero-order chi connectivity index (χ0) is 9.38. The molecule has 1 N–H and O–H groups in total. The zero-order valence-corrected chi connectivity index (χ0v) is 8.21. The maximum atomic E-state index is 4.50. The van der Waals surface area contributed by atoms with E-state index >= 15 is 0 Å². The van der Waals surface area contributed by atoms with Crippen LogP contribution >= 0.6 is 11.3 Å². The second-order valence-electron chi connectivity index (χ2n) is 3.12. The van der Waals surface area contributed by atoms with Crippen molar-refractivity contribution in [3.63, 3.8) is 0 Å². The predicted octanol–water partition coefficient (Wildman–Crippen LogP) is 3.29. The lowest BCUT2D eigenvalue weighted by Gasteiger charge is -1.93. The van der Waals surface area contributed by atoms with Crippen LogP contribution in [0.4, 0.5) is 0 Å². The van der Waals surface area contributed by atoms with Gasteiger partial charge in [-0.25, -0.2) is 4.98 Å². The van der Waals surface area contributed by atoms with Crippen molar-refractivity contribution in [2.75, 3.05) is 0 Å². The summed E-state index contributed by atoms with van der Waals surface area (Å²) in [5, 5.41) is 4.13. The topological polar surface area (TPSA) is 28.7 Å². The van der Waals surface area contributed by atoms with Gasteiger partial charge in [0.15, 0.2) is 0 Å². The molecule has 0 saturated heterocycles. The number of nitrogens with one attached hydrogen (secondary N) is 1. The second kappa shape index (κ2) is 2.96. The average molecular weight is 200 g/mol. The van der Waals surface area contributed by atoms with Gasteiger partial charge in [0.1, 0.15) is 5.82 Å². The molecular weight excluding hydrogens is 192 g/mol. The minimum Gasteiger partial charge on any atom is -0.337 e. The molecule has 0 amide bonds. The molecule has 68 valence electrons. The van der Waals surface area contributed by atoms with Gasteiger partial charge in [0.25, 0.3) is 0 Å². The Hall–Kier alpha value is -1.61. The van der Waals surface area contributed by atoms with Crippen LogP contribution in [0.3, 0.4) is 0 Å². The van der Waals surface area contributed by atoms with Crippen LogP contribution in [-0.2, 0) is 0 Å². The Morgan fingerprint density at radius 1 is 1.07 bits per heavy atom. The number of aromatic nitrogens is 2. The molecule has 0 bridgehead atoms. The van der Waals surface area contributed by atoms with Crippen LogP contribution in [0.5, 0.6) is 0 Å². The molecule has 2 heterocycles. The van der Waals surface area contributed by atoms with Crippen LogP contribution in [-0.4, -0.2) is 9.97 Å². The van der Waals surface area contributed by atoms with Crippen molar-refractivity contribution in [3.05, 3.63) is 41.1 Å². The van der Waals surface area contributed by atoms with Gasteiger partial charge in [-0.3, -0.25) is 0 Å². The van der Waals surface area contributed by atoms with Crippen molar-refractivity contribution in [1.29, 1.82) is 0 Å². The van der Waals surface area contributed by atoms with E-state index in [-0.39, 0.29) is 0 Å². The number of fused-ring (bicyclic) bond motifs is 1. The third kappa shape index (κ3) is 1.14. The van der Waals surface area contributed by atoms with Gasteiger partial charge < -0.3 is 4.98 Å². The van der Waals surface area contributed by atoms with Gasteiger partial charge in [-0.15, -0.1) is 11.3 Å². The minimum absolute atomic E-state index is 0.948. The number of imidazole rings is 1. The number of aromatic amines is 1. The second-order valence-corrected chi connectivity index (χ2v) is 3.87. The van der Waals surface area contributed by atoms with E-state index in [1.807, 2.05) is 18.2 Å². The smallest absolute Gasteiger partial charge is 0.138 e. The fourth-order valence-corrected chi connectivity index (χ4v) is 2.17. The number of thiophene rings is 1. The summed E-state index contributed by atoms with van der Waals surface area (Å²) in [5.41, 5.74) is 3.30. The molecule has 2 nitrogen and oxygen atoms in total. The van der Waals surface area contributed by atoms with Crippen molar-refractivity contribution in [2.45, 2.75) is 0 Å². The quantitative estimate of drug-likeness (QED) is 0.641. The largest absolute Gasteiger partial charge is 0.337 e. The lowest BCUT2D eigenvalue weighted by atomic mass is 10.2. The molecule has 0 atom stereocenters. The van der Waals surface area contributed by atoms with Crippen LogP contribution in [0.25, 0.3) is 22.4 Å². The Bertz CT molecular complexity index is 522. The molecule has 0 radical (unpaired) electrons. The Morgan fingerprint density at radius 2 is 1.93 bits per heavy atom. The van der Waals surface area contributed by atoms with Crippen molar-refractivity contribution < 1.29 is 0 Å². The summed E-state index contributed by atoms with van der Waals surface area (Å²) in [7, 11) is 0. The molecule has 0 unspecified atom stereocenters. The van der Waals surface area contributed by atoms with E-state index in [0.29, 0.717) is 0 Å². The van der Waals surface area contributed by atoms with E-state index in [9.17, 15) is 0 Å². The van der Waals surface area contributed by atoms with E-state index < -0.39 is 0 Å². The van der Waals surface area contributed by atoms with E-state index in [4.69, 9.17) is 0 Å². The molecule has 0 aliphatic carbocycles. The van der Waals surface area contributed by atoms with Gasteiger partial charge in [-0.05, 0) is 0 Å². The summed E-state index contributed by atoms with van der Waals surface area (Å²) >= 11 is 1.67. The number of hydrogen-bond acceptors (Lipinski definition) is 2. The molecular formula is C11H8N2S.